The van der Waals surface area contributed by atoms with Crippen LogP contribution in [0.15, 0.2) is 55.0 Å². The Hall–Kier alpha value is -5.36. The van der Waals surface area contributed by atoms with Crippen LogP contribution in [0, 0.1) is 28.1 Å². The van der Waals surface area contributed by atoms with E-state index in [4.69, 9.17) is 4.74 Å². The van der Waals surface area contributed by atoms with Crippen molar-refractivity contribution in [2.75, 3.05) is 37.6 Å². The van der Waals surface area contributed by atoms with Gasteiger partial charge in [-0.1, -0.05) is 38.1 Å². The van der Waals surface area contributed by atoms with Gasteiger partial charge in [-0.05, 0) is 40.6 Å². The van der Waals surface area contributed by atoms with Crippen LogP contribution < -0.4 is 15.4 Å². The minimum Gasteiger partial charge on any atom is -0.481 e. The Morgan fingerprint density at radius 2 is 1.77 bits per heavy atom. The van der Waals surface area contributed by atoms with Gasteiger partial charge in [0.25, 0.3) is 0 Å². The van der Waals surface area contributed by atoms with E-state index in [0.717, 1.165) is 16.3 Å². The zero-order chi connectivity index (χ0) is 31.4. The number of hydrogen-bond acceptors (Lipinski definition) is 9. The zero-order valence-electron chi connectivity index (χ0n) is 24.8. The van der Waals surface area contributed by atoms with E-state index in [0.29, 0.717) is 51.5 Å². The molecule has 5 aromatic rings. The first-order valence-corrected chi connectivity index (χ1v) is 13.9. The molecule has 2 aromatic carbocycles. The Kier molecular flexibility index (Phi) is 8.54. The molecule has 10 nitrogen and oxygen atoms in total. The van der Waals surface area contributed by atoms with E-state index in [9.17, 15) is 19.3 Å². The smallest absolute Gasteiger partial charge is 0.221 e. The molecule has 0 aliphatic rings. The molecular formula is C32H31F2N9O. The van der Waals surface area contributed by atoms with Gasteiger partial charge in [-0.3, -0.25) is 4.98 Å². The highest BCUT2D eigenvalue weighted by Gasteiger charge is 2.24. The van der Waals surface area contributed by atoms with E-state index in [1.807, 2.05) is 30.3 Å². The molecule has 224 valence electrons. The van der Waals surface area contributed by atoms with Crippen molar-refractivity contribution in [1.82, 2.24) is 25.0 Å². The summed E-state index contributed by atoms with van der Waals surface area (Å²) >= 11 is 0. The molecule has 0 amide bonds. The van der Waals surface area contributed by atoms with E-state index in [2.05, 4.69) is 63.8 Å². The highest BCUT2D eigenvalue weighted by atomic mass is 19.1. The summed E-state index contributed by atoms with van der Waals surface area (Å²) in [5.41, 5.74) is 3.28. The second kappa shape index (κ2) is 12.5. The van der Waals surface area contributed by atoms with E-state index in [-0.39, 0.29) is 5.41 Å². The van der Waals surface area contributed by atoms with Crippen LogP contribution in [0.5, 0.6) is 5.88 Å². The average Bonchev–Trinajstić information content (AvgIpc) is 3.51. The molecule has 0 fully saturated rings. The van der Waals surface area contributed by atoms with Gasteiger partial charge in [0.15, 0.2) is 0 Å². The minimum absolute atomic E-state index is 0.0888. The van der Waals surface area contributed by atoms with Gasteiger partial charge in [-0.2, -0.15) is 10.5 Å². The number of pyridine rings is 2. The van der Waals surface area contributed by atoms with Crippen LogP contribution in [0.1, 0.15) is 55.2 Å². The lowest BCUT2D eigenvalue weighted by molar-refractivity contribution is 0.269. The molecule has 0 bridgehead atoms. The normalized spacial score (nSPS) is 12.2. The third-order valence-electron chi connectivity index (χ3n) is 7.18. The van der Waals surface area contributed by atoms with Crippen molar-refractivity contribution in [2.45, 2.75) is 32.9 Å². The second-order valence-electron chi connectivity index (χ2n) is 11.5. The summed E-state index contributed by atoms with van der Waals surface area (Å²) in [4.78, 5) is 8.75. The van der Waals surface area contributed by atoms with Crippen molar-refractivity contribution < 1.29 is 13.5 Å². The summed E-state index contributed by atoms with van der Waals surface area (Å²) in [6.07, 6.45) is 4.61. The number of ether oxygens (including phenoxy) is 1. The third-order valence-corrected chi connectivity index (χ3v) is 7.18. The lowest BCUT2D eigenvalue weighted by atomic mass is 9.96. The van der Waals surface area contributed by atoms with Gasteiger partial charge < -0.3 is 15.4 Å². The molecule has 0 radical (unpaired) electrons. The number of methoxy groups -OCH3 is 1. The molecule has 0 spiro atoms. The summed E-state index contributed by atoms with van der Waals surface area (Å²) in [6.45, 7) is 4.92. The summed E-state index contributed by atoms with van der Waals surface area (Å²) < 4.78 is 33.8. The maximum atomic E-state index is 13.6. The van der Waals surface area contributed by atoms with Gasteiger partial charge in [0.2, 0.25) is 5.88 Å². The number of rotatable bonds is 10. The quantitative estimate of drug-likeness (QED) is 0.191. The van der Waals surface area contributed by atoms with Crippen LogP contribution in [-0.2, 0) is 0 Å². The van der Waals surface area contributed by atoms with Crippen LogP contribution in [-0.4, -0.2) is 52.0 Å². The fourth-order valence-electron chi connectivity index (χ4n) is 4.98. The molecule has 1 unspecified atom stereocenters. The van der Waals surface area contributed by atoms with E-state index < -0.39 is 25.4 Å². The monoisotopic (exact) mass is 595 g/mol. The number of alkyl halides is 2. The first-order valence-electron chi connectivity index (χ1n) is 13.9. The lowest BCUT2D eigenvalue weighted by Gasteiger charge is -2.23. The number of fused-ring (bicyclic) bond motifs is 2. The van der Waals surface area contributed by atoms with Crippen molar-refractivity contribution in [1.29, 1.82) is 10.5 Å². The predicted octanol–water partition coefficient (Wildman–Crippen LogP) is 6.27. The average molecular weight is 596 g/mol. The van der Waals surface area contributed by atoms with Crippen LogP contribution in [0.4, 0.5) is 20.2 Å². The summed E-state index contributed by atoms with van der Waals surface area (Å²) in [5.74, 6) is 0.434. The molecule has 0 saturated carbocycles. The van der Waals surface area contributed by atoms with Crippen LogP contribution in [0.25, 0.3) is 21.7 Å². The van der Waals surface area contributed by atoms with Gasteiger partial charge in [0, 0.05) is 35.4 Å². The number of nitriles is 2. The maximum absolute atomic E-state index is 13.6. The van der Waals surface area contributed by atoms with E-state index >= 15 is 0 Å². The first-order chi connectivity index (χ1) is 21.2. The van der Waals surface area contributed by atoms with E-state index in [1.54, 1.807) is 12.3 Å². The number of aromatic nitrogens is 5. The molecule has 12 heteroatoms. The number of nitrogens with one attached hydrogen (secondary N) is 2. The van der Waals surface area contributed by atoms with Crippen molar-refractivity contribution in [2.24, 2.45) is 5.41 Å². The highest BCUT2D eigenvalue weighted by Crippen LogP contribution is 2.37. The van der Waals surface area contributed by atoms with Crippen molar-refractivity contribution in [3.05, 3.63) is 77.4 Å². The molecule has 0 aliphatic heterocycles. The molecule has 0 saturated heterocycles. The molecule has 5 rings (SSSR count). The molecule has 44 heavy (non-hydrogen) atoms. The minimum atomic E-state index is -1.11. The predicted molar refractivity (Wildman–Crippen MR) is 164 cm³/mol. The largest absolute Gasteiger partial charge is 0.481 e. The Labute approximate surface area is 253 Å². The maximum Gasteiger partial charge on any atom is 0.221 e. The SMILES string of the molecule is COc1nccc2c(C(Nc3cc(C#N)c4ncc(C#N)c(NCC(C)(C)C)c4c3)c3cn(C(CF)CF)nn3)cccc12. The molecule has 1 atom stereocenters. The fourth-order valence-corrected chi connectivity index (χ4v) is 4.98. The summed E-state index contributed by atoms with van der Waals surface area (Å²) in [7, 11) is 1.54. The Morgan fingerprint density at radius 1 is 1.00 bits per heavy atom. The number of benzene rings is 2. The van der Waals surface area contributed by atoms with Gasteiger partial charge in [-0.25, -0.2) is 18.4 Å². The Balaban J connectivity index is 1.70. The topological polar surface area (TPSA) is 137 Å². The molecule has 3 aromatic heterocycles. The van der Waals surface area contributed by atoms with Gasteiger partial charge in [0.05, 0.1) is 41.7 Å². The number of hydrogen-bond donors (Lipinski definition) is 2. The molecule has 0 aliphatic carbocycles. The van der Waals surface area contributed by atoms with Crippen LogP contribution >= 0.6 is 0 Å². The number of halogens is 2. The standard InChI is InChI=1S/C32H31F2N9O/c1-32(2,3)18-39-29-20(15-36)16-38-28-19(14-35)10-21(11-26(28)29)40-30(27-17-43(42-41-27)22(12-33)13-34)24-6-5-7-25-23(24)8-9-37-31(25)44-4/h5-11,16-17,22,30,40H,12-13,18H2,1-4H3,(H,38,39). The summed E-state index contributed by atoms with van der Waals surface area (Å²) in [5, 5.41) is 37.3. The Bertz CT molecular complexity index is 1900. The van der Waals surface area contributed by atoms with Gasteiger partial charge in [-0.15, -0.1) is 5.10 Å². The van der Waals surface area contributed by atoms with Crippen LogP contribution in [0.2, 0.25) is 0 Å². The van der Waals surface area contributed by atoms with Crippen LogP contribution in [0.3, 0.4) is 0 Å². The number of anilines is 2. The van der Waals surface area contributed by atoms with Crippen molar-refractivity contribution in [3.8, 4) is 18.0 Å². The summed E-state index contributed by atoms with van der Waals surface area (Å²) in [6, 6.07) is 13.6. The number of nitrogens with zero attached hydrogens (tertiary/aromatic N) is 7. The van der Waals surface area contributed by atoms with Gasteiger partial charge in [0.1, 0.15) is 37.2 Å². The first kappa shape index (κ1) is 30.1. The van der Waals surface area contributed by atoms with Gasteiger partial charge >= 0.3 is 0 Å². The fraction of sp³-hybridized carbons (Fsp3) is 0.312. The second-order valence-corrected chi connectivity index (χ2v) is 11.5. The molecule has 2 N–H and O–H groups in total. The third kappa shape index (κ3) is 5.92. The Morgan fingerprint density at radius 3 is 2.45 bits per heavy atom. The molecular weight excluding hydrogens is 564 g/mol. The van der Waals surface area contributed by atoms with Crippen molar-refractivity contribution in [3.63, 3.8) is 0 Å². The molecule has 3 heterocycles. The lowest BCUT2D eigenvalue weighted by Crippen LogP contribution is -2.20. The van der Waals surface area contributed by atoms with E-state index in [1.165, 1.54) is 24.2 Å². The zero-order valence-corrected chi connectivity index (χ0v) is 24.8. The highest BCUT2D eigenvalue weighted by molar-refractivity contribution is 5.99. The van der Waals surface area contributed by atoms with Crippen molar-refractivity contribution >= 4 is 33.1 Å².